The molecular weight excluding hydrogens is 166 g/mol. The van der Waals surface area contributed by atoms with E-state index in [1.165, 1.54) is 12.1 Å². The summed E-state index contributed by atoms with van der Waals surface area (Å²) >= 11 is 0. The van der Waals surface area contributed by atoms with Crippen molar-refractivity contribution < 1.29 is 8.78 Å². The highest BCUT2D eigenvalue weighted by atomic mass is 19.3. The molecule has 0 radical (unpaired) electrons. The predicted octanol–water partition coefficient (Wildman–Crippen LogP) is 0.817. The highest BCUT2D eigenvalue weighted by Gasteiger charge is 2.05. The number of halogens is 2. The van der Waals surface area contributed by atoms with Crippen molar-refractivity contribution in [2.45, 2.75) is 19.9 Å². The lowest BCUT2D eigenvalue weighted by Crippen LogP contribution is -2.25. The fraction of sp³-hybridized carbons (Fsp3) is 0.429. The van der Waals surface area contributed by atoms with Gasteiger partial charge in [0.15, 0.2) is 0 Å². The second-order valence-electron chi connectivity index (χ2n) is 2.39. The Labute approximate surface area is 67.6 Å². The summed E-state index contributed by atoms with van der Waals surface area (Å²) < 4.78 is 24.4. The molecule has 1 aromatic rings. The molecule has 3 nitrogen and oxygen atoms in total. The first kappa shape index (κ1) is 8.83. The van der Waals surface area contributed by atoms with Gasteiger partial charge in [-0.1, -0.05) is 0 Å². The van der Waals surface area contributed by atoms with Gasteiger partial charge >= 0.3 is 0 Å². The van der Waals surface area contributed by atoms with Gasteiger partial charge in [0.05, 0.1) is 5.69 Å². The molecule has 0 atom stereocenters. The summed E-state index contributed by atoms with van der Waals surface area (Å²) in [6.07, 6.45) is -2.54. The Morgan fingerprint density at radius 1 is 1.58 bits per heavy atom. The summed E-state index contributed by atoms with van der Waals surface area (Å²) in [5, 5.41) is 3.64. The van der Waals surface area contributed by atoms with Gasteiger partial charge in [-0.25, -0.2) is 13.5 Å². The van der Waals surface area contributed by atoms with Crippen molar-refractivity contribution in [1.29, 1.82) is 0 Å². The third-order valence-electron chi connectivity index (χ3n) is 1.31. The second kappa shape index (κ2) is 3.42. The number of hydrogen-bond acceptors (Lipinski definition) is 2. The zero-order valence-corrected chi connectivity index (χ0v) is 6.50. The second-order valence-corrected chi connectivity index (χ2v) is 2.39. The zero-order chi connectivity index (χ0) is 9.14. The Morgan fingerprint density at radius 3 is 2.83 bits per heavy atom. The maximum absolute atomic E-state index is 11.8. The van der Waals surface area contributed by atoms with Gasteiger partial charge in [0.25, 0.3) is 12.0 Å². The molecule has 0 fully saturated rings. The number of rotatable bonds is 2. The van der Waals surface area contributed by atoms with Gasteiger partial charge in [0.2, 0.25) is 0 Å². The van der Waals surface area contributed by atoms with Crippen LogP contribution in [-0.4, -0.2) is 16.2 Å². The molecule has 1 heterocycles. The van der Waals surface area contributed by atoms with Crippen molar-refractivity contribution in [3.8, 4) is 0 Å². The monoisotopic (exact) mass is 174 g/mol. The smallest absolute Gasteiger partial charge is 0.266 e. The fourth-order valence-corrected chi connectivity index (χ4v) is 0.812. The molecule has 0 saturated carbocycles. The Morgan fingerprint density at radius 2 is 2.25 bits per heavy atom. The average Bonchev–Trinajstić information content (AvgIpc) is 1.96. The van der Waals surface area contributed by atoms with Crippen LogP contribution in [0.1, 0.15) is 5.69 Å². The lowest BCUT2D eigenvalue weighted by molar-refractivity contribution is 0.119. The van der Waals surface area contributed by atoms with Crippen molar-refractivity contribution in [2.24, 2.45) is 0 Å². The molecule has 5 heteroatoms. The average molecular weight is 174 g/mol. The molecule has 0 aliphatic rings. The number of alkyl halides is 2. The first-order chi connectivity index (χ1) is 5.59. The highest BCUT2D eigenvalue weighted by molar-refractivity contribution is 4.96. The van der Waals surface area contributed by atoms with Crippen LogP contribution in [-0.2, 0) is 6.54 Å². The summed E-state index contributed by atoms with van der Waals surface area (Å²) in [7, 11) is 0. The lowest BCUT2D eigenvalue weighted by atomic mass is 10.4. The number of nitrogens with zero attached hydrogens (tertiary/aromatic N) is 2. The molecule has 1 rings (SSSR count). The van der Waals surface area contributed by atoms with Crippen LogP contribution in [0.5, 0.6) is 0 Å². The van der Waals surface area contributed by atoms with Crippen LogP contribution in [0.3, 0.4) is 0 Å². The van der Waals surface area contributed by atoms with Gasteiger partial charge in [-0.15, -0.1) is 0 Å². The van der Waals surface area contributed by atoms with E-state index in [2.05, 4.69) is 5.10 Å². The molecule has 1 aromatic heterocycles. The van der Waals surface area contributed by atoms with E-state index in [4.69, 9.17) is 0 Å². The largest absolute Gasteiger partial charge is 0.268 e. The van der Waals surface area contributed by atoms with Crippen LogP contribution >= 0.6 is 0 Å². The summed E-state index contributed by atoms with van der Waals surface area (Å²) in [6.45, 7) is 1.00. The van der Waals surface area contributed by atoms with E-state index in [1.807, 2.05) is 0 Å². The minimum Gasteiger partial charge on any atom is -0.268 e. The van der Waals surface area contributed by atoms with E-state index in [1.54, 1.807) is 6.92 Å². The molecule has 0 aliphatic heterocycles. The van der Waals surface area contributed by atoms with Crippen LogP contribution < -0.4 is 5.56 Å². The molecule has 0 aromatic carbocycles. The lowest BCUT2D eigenvalue weighted by Gasteiger charge is -2.02. The standard InChI is InChI=1S/C7H8F2N2O/c1-5-2-3-7(12)11(10-5)4-6(8)9/h2-3,6H,4H2,1H3. The third kappa shape index (κ3) is 2.11. The van der Waals surface area contributed by atoms with Crippen molar-refractivity contribution >= 4 is 0 Å². The van der Waals surface area contributed by atoms with Gasteiger partial charge < -0.3 is 0 Å². The van der Waals surface area contributed by atoms with Crippen molar-refractivity contribution in [2.75, 3.05) is 0 Å². The molecule has 0 saturated heterocycles. The topological polar surface area (TPSA) is 34.9 Å². The van der Waals surface area contributed by atoms with Crippen molar-refractivity contribution in [3.63, 3.8) is 0 Å². The van der Waals surface area contributed by atoms with E-state index in [9.17, 15) is 13.6 Å². The molecule has 0 bridgehead atoms. The molecule has 0 aliphatic carbocycles. The third-order valence-corrected chi connectivity index (χ3v) is 1.31. The predicted molar refractivity (Wildman–Crippen MR) is 39.2 cm³/mol. The van der Waals surface area contributed by atoms with E-state index in [-0.39, 0.29) is 0 Å². The SMILES string of the molecule is Cc1ccc(=O)n(CC(F)F)n1. The number of aryl methyl sites for hydroxylation is 1. The van der Waals surface area contributed by atoms with Crippen LogP contribution in [0.25, 0.3) is 0 Å². The van der Waals surface area contributed by atoms with Crippen molar-refractivity contribution in [3.05, 3.63) is 28.2 Å². The summed E-state index contributed by atoms with van der Waals surface area (Å²) in [4.78, 5) is 10.9. The van der Waals surface area contributed by atoms with Crippen molar-refractivity contribution in [1.82, 2.24) is 9.78 Å². The van der Waals surface area contributed by atoms with E-state index < -0.39 is 18.5 Å². The first-order valence-corrected chi connectivity index (χ1v) is 3.42. The minimum absolute atomic E-state index is 0.499. The van der Waals surface area contributed by atoms with E-state index >= 15 is 0 Å². The Balaban J connectivity index is 2.98. The van der Waals surface area contributed by atoms with Crippen LogP contribution in [0.4, 0.5) is 8.78 Å². The Kier molecular flexibility index (Phi) is 2.52. The summed E-state index contributed by atoms with van der Waals surface area (Å²) in [5.41, 5.74) is 0.0520. The molecule has 12 heavy (non-hydrogen) atoms. The number of aromatic nitrogens is 2. The van der Waals surface area contributed by atoms with E-state index in [0.717, 1.165) is 4.68 Å². The maximum atomic E-state index is 11.8. The van der Waals surface area contributed by atoms with Gasteiger partial charge in [-0.2, -0.15) is 5.10 Å². The summed E-state index contributed by atoms with van der Waals surface area (Å²) in [6, 6.07) is 2.72. The van der Waals surface area contributed by atoms with Gasteiger partial charge in [-0.3, -0.25) is 4.79 Å². The normalized spacial score (nSPS) is 10.7. The van der Waals surface area contributed by atoms with Crippen LogP contribution in [0.2, 0.25) is 0 Å². The maximum Gasteiger partial charge on any atom is 0.266 e. The van der Waals surface area contributed by atoms with E-state index in [0.29, 0.717) is 5.69 Å². The molecule has 0 unspecified atom stereocenters. The minimum atomic E-state index is -2.54. The molecule has 0 N–H and O–H groups in total. The Bertz CT molecular complexity index is 321. The quantitative estimate of drug-likeness (QED) is 0.665. The molecule has 66 valence electrons. The highest BCUT2D eigenvalue weighted by Crippen LogP contribution is 1.94. The summed E-state index contributed by atoms with van der Waals surface area (Å²) in [5.74, 6) is 0. The number of hydrogen-bond donors (Lipinski definition) is 0. The van der Waals surface area contributed by atoms with Crippen LogP contribution in [0, 0.1) is 6.92 Å². The zero-order valence-electron chi connectivity index (χ0n) is 6.50. The first-order valence-electron chi connectivity index (χ1n) is 3.42. The Hall–Kier alpha value is -1.26. The molecule has 0 amide bonds. The van der Waals surface area contributed by atoms with Gasteiger partial charge in [0, 0.05) is 6.07 Å². The molecular formula is C7H8F2N2O. The van der Waals surface area contributed by atoms with Crippen LogP contribution in [0.15, 0.2) is 16.9 Å². The van der Waals surface area contributed by atoms with Gasteiger partial charge in [-0.05, 0) is 13.0 Å². The molecule has 0 spiro atoms. The van der Waals surface area contributed by atoms with Gasteiger partial charge in [0.1, 0.15) is 6.54 Å². The fourth-order valence-electron chi connectivity index (χ4n) is 0.812.